The van der Waals surface area contributed by atoms with E-state index in [1.807, 2.05) is 38.1 Å². The van der Waals surface area contributed by atoms with E-state index in [0.29, 0.717) is 6.42 Å². The van der Waals surface area contributed by atoms with Gasteiger partial charge in [0.1, 0.15) is 5.75 Å². The van der Waals surface area contributed by atoms with Gasteiger partial charge in [-0.1, -0.05) is 45.0 Å². The molecular weight excluding hydrogens is 372 g/mol. The van der Waals surface area contributed by atoms with Gasteiger partial charge in [-0.3, -0.25) is 4.79 Å². The second-order valence-corrected chi connectivity index (χ2v) is 8.53. The molecule has 2 aromatic carbocycles. The molecule has 0 radical (unpaired) electrons. The van der Waals surface area contributed by atoms with Crippen LogP contribution in [0.2, 0.25) is 0 Å². The number of nitrogens with zero attached hydrogens (tertiary/aromatic N) is 1. The maximum Gasteiger partial charge on any atom is 0.261 e. The van der Waals surface area contributed by atoms with Crippen LogP contribution in [0.4, 0.5) is 5.69 Å². The molecule has 0 unspecified atom stereocenters. The van der Waals surface area contributed by atoms with Gasteiger partial charge in [0, 0.05) is 18.8 Å². The molecule has 0 aromatic heterocycles. The number of piperidine rings is 1. The first-order valence-corrected chi connectivity index (χ1v) is 11.4. The number of amides is 1. The second-order valence-electron chi connectivity index (χ2n) is 8.53. The summed E-state index contributed by atoms with van der Waals surface area (Å²) in [5.41, 5.74) is 3.64. The predicted molar refractivity (Wildman–Crippen MR) is 124 cm³/mol. The van der Waals surface area contributed by atoms with Crippen molar-refractivity contribution in [1.29, 1.82) is 0 Å². The van der Waals surface area contributed by atoms with Crippen LogP contribution in [0.1, 0.15) is 64.1 Å². The summed E-state index contributed by atoms with van der Waals surface area (Å²) >= 11 is 0. The van der Waals surface area contributed by atoms with E-state index in [4.69, 9.17) is 4.74 Å². The number of nitrogens with one attached hydrogen (secondary N) is 1. The van der Waals surface area contributed by atoms with Crippen LogP contribution < -0.4 is 15.0 Å². The Morgan fingerprint density at radius 3 is 2.43 bits per heavy atom. The molecule has 3 atom stereocenters. The van der Waals surface area contributed by atoms with E-state index in [9.17, 15) is 4.79 Å². The number of hydrogen-bond donors (Lipinski definition) is 1. The van der Waals surface area contributed by atoms with Crippen molar-refractivity contribution in [3.63, 3.8) is 0 Å². The van der Waals surface area contributed by atoms with Crippen LogP contribution in [-0.2, 0) is 11.2 Å². The fourth-order valence-corrected chi connectivity index (χ4v) is 4.08. The van der Waals surface area contributed by atoms with Crippen molar-refractivity contribution >= 4 is 11.6 Å². The monoisotopic (exact) mass is 408 g/mol. The summed E-state index contributed by atoms with van der Waals surface area (Å²) < 4.78 is 5.95. The zero-order valence-electron chi connectivity index (χ0n) is 18.9. The van der Waals surface area contributed by atoms with Crippen LogP contribution in [0, 0.1) is 5.92 Å². The lowest BCUT2D eigenvalue weighted by Crippen LogP contribution is -2.39. The van der Waals surface area contributed by atoms with E-state index >= 15 is 0 Å². The summed E-state index contributed by atoms with van der Waals surface area (Å²) in [6.45, 7) is 10.7. The summed E-state index contributed by atoms with van der Waals surface area (Å²) in [5.74, 6) is 1.42. The minimum atomic E-state index is -0.492. The summed E-state index contributed by atoms with van der Waals surface area (Å²) in [6.07, 6.45) is 3.70. The number of rotatable bonds is 8. The molecule has 3 rings (SSSR count). The van der Waals surface area contributed by atoms with E-state index in [1.54, 1.807) is 0 Å². The summed E-state index contributed by atoms with van der Waals surface area (Å²) in [7, 11) is 0. The third-order valence-corrected chi connectivity index (χ3v) is 6.05. The maximum absolute atomic E-state index is 12.8. The van der Waals surface area contributed by atoms with Crippen LogP contribution in [0.5, 0.6) is 5.75 Å². The lowest BCUT2D eigenvalue weighted by atomic mass is 9.99. The third kappa shape index (κ3) is 5.78. The number of anilines is 1. The normalized spacial score (nSPS) is 18.5. The van der Waals surface area contributed by atoms with Gasteiger partial charge in [0.15, 0.2) is 6.10 Å². The van der Waals surface area contributed by atoms with Gasteiger partial charge >= 0.3 is 0 Å². The molecule has 0 saturated carbocycles. The Balaban J connectivity index is 1.57. The molecule has 0 bridgehead atoms. The Hall–Kier alpha value is -2.49. The number of carbonyl (C=O) groups excluding carboxylic acids is 1. The van der Waals surface area contributed by atoms with E-state index < -0.39 is 6.10 Å². The Kier molecular flexibility index (Phi) is 7.78. The molecule has 0 aliphatic carbocycles. The van der Waals surface area contributed by atoms with Gasteiger partial charge in [-0.25, -0.2) is 0 Å². The maximum atomic E-state index is 12.8. The molecule has 1 amide bonds. The van der Waals surface area contributed by atoms with Crippen molar-refractivity contribution in [2.45, 2.75) is 65.5 Å². The second kappa shape index (κ2) is 10.5. The van der Waals surface area contributed by atoms with Gasteiger partial charge in [-0.05, 0) is 73.9 Å². The highest BCUT2D eigenvalue weighted by Crippen LogP contribution is 2.25. The van der Waals surface area contributed by atoms with Crippen molar-refractivity contribution in [3.8, 4) is 5.75 Å². The highest BCUT2D eigenvalue weighted by molar-refractivity contribution is 5.81. The average Bonchev–Trinajstić information content (AvgIpc) is 2.77. The Morgan fingerprint density at radius 2 is 1.83 bits per heavy atom. The Bertz CT molecular complexity index is 801. The molecule has 1 heterocycles. The zero-order valence-corrected chi connectivity index (χ0v) is 18.9. The van der Waals surface area contributed by atoms with Crippen molar-refractivity contribution in [3.05, 3.63) is 59.7 Å². The molecule has 1 aliphatic rings. The fourth-order valence-electron chi connectivity index (χ4n) is 4.08. The number of ether oxygens (including phenoxy) is 1. The average molecular weight is 409 g/mol. The largest absolute Gasteiger partial charge is 0.481 e. The van der Waals surface area contributed by atoms with Gasteiger partial charge in [-0.2, -0.15) is 0 Å². The van der Waals surface area contributed by atoms with Crippen LogP contribution in [-0.4, -0.2) is 25.1 Å². The minimum Gasteiger partial charge on any atom is -0.481 e. The number of carbonyl (C=O) groups is 1. The Labute approximate surface area is 181 Å². The summed E-state index contributed by atoms with van der Waals surface area (Å²) in [4.78, 5) is 15.3. The minimum absolute atomic E-state index is 0.0630. The topological polar surface area (TPSA) is 41.6 Å². The molecule has 1 saturated heterocycles. The highest BCUT2D eigenvalue weighted by atomic mass is 16.5. The van der Waals surface area contributed by atoms with E-state index in [-0.39, 0.29) is 11.9 Å². The Morgan fingerprint density at radius 1 is 1.13 bits per heavy atom. The lowest BCUT2D eigenvalue weighted by molar-refractivity contribution is -0.128. The quantitative estimate of drug-likeness (QED) is 0.625. The predicted octanol–water partition coefficient (Wildman–Crippen LogP) is 5.52. The first-order valence-electron chi connectivity index (χ1n) is 11.4. The molecule has 0 spiro atoms. The van der Waals surface area contributed by atoms with Crippen LogP contribution in [0.15, 0.2) is 48.5 Å². The fraction of sp³-hybridized carbons (Fsp3) is 0.500. The lowest BCUT2D eigenvalue weighted by Gasteiger charge is -2.33. The standard InChI is InChI=1S/C26H36N2O2/c1-5-21-9-15-24(16-10-21)30-25(6-2)26(29)27-20(4)22-11-13-23(14-12-22)28-17-7-8-19(3)18-28/h9-16,19-20,25H,5-8,17-18H2,1-4H3,(H,27,29)/t19-,20-,25-/m1/s1. The van der Waals surface area contributed by atoms with Gasteiger partial charge < -0.3 is 15.0 Å². The van der Waals surface area contributed by atoms with Crippen molar-refractivity contribution in [2.24, 2.45) is 5.92 Å². The van der Waals surface area contributed by atoms with Crippen LogP contribution in [0.3, 0.4) is 0 Å². The van der Waals surface area contributed by atoms with E-state index in [2.05, 4.69) is 48.3 Å². The third-order valence-electron chi connectivity index (χ3n) is 6.05. The molecule has 30 heavy (non-hydrogen) atoms. The molecule has 1 aliphatic heterocycles. The zero-order chi connectivity index (χ0) is 21.5. The first-order chi connectivity index (χ1) is 14.5. The molecule has 162 valence electrons. The molecule has 1 N–H and O–H groups in total. The number of aryl methyl sites for hydroxylation is 1. The van der Waals surface area contributed by atoms with Gasteiger partial charge in [0.2, 0.25) is 0 Å². The van der Waals surface area contributed by atoms with Crippen molar-refractivity contribution < 1.29 is 9.53 Å². The first kappa shape index (κ1) is 22.2. The van der Waals surface area contributed by atoms with Crippen LogP contribution in [0.25, 0.3) is 0 Å². The van der Waals surface area contributed by atoms with E-state index in [0.717, 1.165) is 36.7 Å². The molecule has 4 heteroatoms. The number of hydrogen-bond acceptors (Lipinski definition) is 3. The molecule has 1 fully saturated rings. The summed E-state index contributed by atoms with van der Waals surface area (Å²) in [5, 5.41) is 3.12. The number of benzene rings is 2. The van der Waals surface area contributed by atoms with Gasteiger partial charge in [0.25, 0.3) is 5.91 Å². The van der Waals surface area contributed by atoms with Crippen molar-refractivity contribution in [2.75, 3.05) is 18.0 Å². The smallest absolute Gasteiger partial charge is 0.261 e. The molecule has 4 nitrogen and oxygen atoms in total. The molecule has 2 aromatic rings. The van der Waals surface area contributed by atoms with Crippen molar-refractivity contribution in [1.82, 2.24) is 5.32 Å². The van der Waals surface area contributed by atoms with Gasteiger partial charge in [0.05, 0.1) is 6.04 Å². The van der Waals surface area contributed by atoms with Gasteiger partial charge in [-0.15, -0.1) is 0 Å². The molecular formula is C26H36N2O2. The van der Waals surface area contributed by atoms with E-state index in [1.165, 1.54) is 24.1 Å². The highest BCUT2D eigenvalue weighted by Gasteiger charge is 2.21. The SMILES string of the molecule is CCc1ccc(O[C@H](CC)C(=O)N[C@H](C)c2ccc(N3CCC[C@@H](C)C3)cc2)cc1. The summed E-state index contributed by atoms with van der Waals surface area (Å²) in [6, 6.07) is 16.5. The van der Waals surface area contributed by atoms with Crippen LogP contribution >= 0.6 is 0 Å².